The van der Waals surface area contributed by atoms with Crippen LogP contribution in [-0.2, 0) is 15.8 Å². The highest BCUT2D eigenvalue weighted by Crippen LogP contribution is 2.30. The van der Waals surface area contributed by atoms with Gasteiger partial charge in [0.25, 0.3) is 0 Å². The zero-order valence-corrected chi connectivity index (χ0v) is 16.1. The van der Waals surface area contributed by atoms with Gasteiger partial charge in [-0.15, -0.1) is 0 Å². The van der Waals surface area contributed by atoms with Gasteiger partial charge in [0.1, 0.15) is 5.75 Å². The summed E-state index contributed by atoms with van der Waals surface area (Å²) in [4.78, 5) is 35.4. The van der Waals surface area contributed by atoms with Crippen molar-refractivity contribution in [1.29, 1.82) is 0 Å². The molecule has 0 fully saturated rings. The first-order valence-corrected chi connectivity index (χ1v) is 8.90. The first-order valence-electron chi connectivity index (χ1n) is 8.90. The lowest BCUT2D eigenvalue weighted by molar-refractivity contribution is -0.137. The molecule has 2 N–H and O–H groups in total. The summed E-state index contributed by atoms with van der Waals surface area (Å²) >= 11 is 0. The number of hydrogen-bond donors (Lipinski definition) is 2. The second-order valence-electron chi connectivity index (χ2n) is 6.17. The summed E-state index contributed by atoms with van der Waals surface area (Å²) in [6, 6.07) is 12.9. The highest BCUT2D eigenvalue weighted by Gasteiger charge is 2.30. The molecule has 0 aliphatic rings. The van der Waals surface area contributed by atoms with E-state index in [1.807, 2.05) is 5.43 Å². The number of rotatable bonds is 5. The Kier molecular flexibility index (Phi) is 6.68. The fourth-order valence-electron chi connectivity index (χ4n) is 2.35. The van der Waals surface area contributed by atoms with E-state index in [1.54, 1.807) is 6.07 Å². The van der Waals surface area contributed by atoms with Crippen LogP contribution in [0.25, 0.3) is 0 Å². The van der Waals surface area contributed by atoms with E-state index in [1.165, 1.54) is 48.9 Å². The van der Waals surface area contributed by atoms with Crippen molar-refractivity contribution in [3.8, 4) is 5.75 Å². The Balaban J connectivity index is 1.51. The van der Waals surface area contributed by atoms with Gasteiger partial charge in [0.2, 0.25) is 5.76 Å². The van der Waals surface area contributed by atoms with Gasteiger partial charge < -0.3 is 14.5 Å². The first kappa shape index (κ1) is 22.3. The number of carbonyl (C=O) groups excluding carboxylic acids is 3. The molecule has 8 nitrogen and oxygen atoms in total. The van der Waals surface area contributed by atoms with E-state index < -0.39 is 29.5 Å². The molecule has 1 aromatic heterocycles. The summed E-state index contributed by atoms with van der Waals surface area (Å²) in [5, 5.41) is 5.66. The highest BCUT2D eigenvalue weighted by molar-refractivity contribution is 6.39. The molecule has 0 aliphatic carbocycles. The molecule has 0 atom stereocenters. The quantitative estimate of drug-likeness (QED) is 0.205. The van der Waals surface area contributed by atoms with Crippen LogP contribution in [0.5, 0.6) is 5.75 Å². The van der Waals surface area contributed by atoms with E-state index in [0.717, 1.165) is 12.1 Å². The first-order chi connectivity index (χ1) is 15.2. The number of nitrogens with zero attached hydrogens (tertiary/aromatic N) is 1. The van der Waals surface area contributed by atoms with Gasteiger partial charge in [0, 0.05) is 5.69 Å². The van der Waals surface area contributed by atoms with Crippen molar-refractivity contribution in [2.45, 2.75) is 6.18 Å². The monoisotopic (exact) mass is 445 g/mol. The largest absolute Gasteiger partial charge is 0.457 e. The Morgan fingerprint density at radius 1 is 0.969 bits per heavy atom. The third-order valence-electron chi connectivity index (χ3n) is 3.85. The van der Waals surface area contributed by atoms with Crippen LogP contribution in [0, 0.1) is 0 Å². The molecule has 3 rings (SSSR count). The van der Waals surface area contributed by atoms with E-state index >= 15 is 0 Å². The average molecular weight is 445 g/mol. The zero-order valence-electron chi connectivity index (χ0n) is 16.1. The molecule has 1 heterocycles. The molecule has 0 aliphatic heterocycles. The second kappa shape index (κ2) is 9.60. The molecule has 3 aromatic rings. The number of furan rings is 1. The van der Waals surface area contributed by atoms with Crippen LogP contribution < -0.4 is 15.5 Å². The number of anilines is 1. The Morgan fingerprint density at radius 3 is 2.38 bits per heavy atom. The SMILES string of the molecule is O=C(N/N=C/c1ccc(OC(=O)c2ccco2)cc1)C(=O)Nc1cccc(C(F)(F)F)c1. The molecule has 0 saturated carbocycles. The summed E-state index contributed by atoms with van der Waals surface area (Å²) in [7, 11) is 0. The number of hydrazone groups is 1. The molecule has 0 bridgehead atoms. The van der Waals surface area contributed by atoms with Gasteiger partial charge in [-0.2, -0.15) is 18.3 Å². The van der Waals surface area contributed by atoms with Crippen LogP contribution in [0.15, 0.2) is 76.4 Å². The van der Waals surface area contributed by atoms with Gasteiger partial charge in [-0.05, 0) is 60.2 Å². The number of alkyl halides is 3. The van der Waals surface area contributed by atoms with Crippen LogP contribution in [0.1, 0.15) is 21.7 Å². The van der Waals surface area contributed by atoms with Crippen molar-refractivity contribution in [1.82, 2.24) is 5.43 Å². The van der Waals surface area contributed by atoms with E-state index in [9.17, 15) is 27.6 Å². The topological polar surface area (TPSA) is 110 Å². The number of carbonyl (C=O) groups is 3. The van der Waals surface area contributed by atoms with Crippen LogP contribution in [0.2, 0.25) is 0 Å². The van der Waals surface area contributed by atoms with E-state index in [4.69, 9.17) is 9.15 Å². The third-order valence-corrected chi connectivity index (χ3v) is 3.85. The lowest BCUT2D eigenvalue weighted by Gasteiger charge is -2.09. The molecule has 11 heteroatoms. The number of esters is 1. The minimum Gasteiger partial charge on any atom is -0.457 e. The van der Waals surface area contributed by atoms with Crippen LogP contribution >= 0.6 is 0 Å². The highest BCUT2D eigenvalue weighted by atomic mass is 19.4. The maximum atomic E-state index is 12.7. The molecular formula is C21H14F3N3O5. The summed E-state index contributed by atoms with van der Waals surface area (Å²) in [5.74, 6) is -2.76. The smallest absolute Gasteiger partial charge is 0.416 e. The lowest BCUT2D eigenvalue weighted by Crippen LogP contribution is -2.32. The van der Waals surface area contributed by atoms with Crippen molar-refractivity contribution in [2.75, 3.05) is 5.32 Å². The second-order valence-corrected chi connectivity index (χ2v) is 6.17. The molecule has 2 amide bonds. The van der Waals surface area contributed by atoms with Gasteiger partial charge in [-0.1, -0.05) is 6.07 Å². The number of halogens is 3. The van der Waals surface area contributed by atoms with Crippen LogP contribution in [0.4, 0.5) is 18.9 Å². The zero-order chi connectivity index (χ0) is 23.1. The Morgan fingerprint density at radius 2 is 1.72 bits per heavy atom. The molecule has 32 heavy (non-hydrogen) atoms. The van der Waals surface area contributed by atoms with Crippen molar-refractivity contribution < 1.29 is 36.7 Å². The third kappa shape index (κ3) is 6.05. The van der Waals surface area contributed by atoms with E-state index in [0.29, 0.717) is 11.6 Å². The number of benzene rings is 2. The fraction of sp³-hybridized carbons (Fsp3) is 0.0476. The van der Waals surface area contributed by atoms with Gasteiger partial charge in [0.05, 0.1) is 18.0 Å². The Labute approximate surface area is 178 Å². The van der Waals surface area contributed by atoms with Crippen molar-refractivity contribution in [2.24, 2.45) is 5.10 Å². The maximum Gasteiger partial charge on any atom is 0.416 e. The maximum absolute atomic E-state index is 12.7. The van der Waals surface area contributed by atoms with Crippen molar-refractivity contribution >= 4 is 29.7 Å². The molecule has 0 saturated heterocycles. The number of ether oxygens (including phenoxy) is 1. The van der Waals surface area contributed by atoms with Gasteiger partial charge in [-0.25, -0.2) is 10.2 Å². The predicted molar refractivity (Wildman–Crippen MR) is 106 cm³/mol. The molecule has 0 unspecified atom stereocenters. The van der Waals surface area contributed by atoms with E-state index in [-0.39, 0.29) is 17.2 Å². The Hall–Kier alpha value is -4.41. The molecule has 0 radical (unpaired) electrons. The standard InChI is InChI=1S/C21H14F3N3O5/c22-21(23,24)14-3-1-4-15(11-14)26-18(28)19(29)27-25-12-13-6-8-16(9-7-13)32-20(30)17-5-2-10-31-17/h1-12H,(H,26,28)(H,27,29)/b25-12+. The van der Waals surface area contributed by atoms with Crippen molar-refractivity contribution in [3.05, 3.63) is 83.8 Å². The summed E-state index contributed by atoms with van der Waals surface area (Å²) in [5.41, 5.74) is 1.30. The van der Waals surface area contributed by atoms with Gasteiger partial charge in [0.15, 0.2) is 0 Å². The van der Waals surface area contributed by atoms with Gasteiger partial charge >= 0.3 is 24.0 Å². The number of hydrogen-bond acceptors (Lipinski definition) is 6. The Bertz CT molecular complexity index is 1140. The summed E-state index contributed by atoms with van der Waals surface area (Å²) in [6.45, 7) is 0. The molecule has 0 spiro atoms. The molecule has 2 aromatic carbocycles. The predicted octanol–water partition coefficient (Wildman–Crippen LogP) is 3.61. The normalized spacial score (nSPS) is 11.2. The summed E-state index contributed by atoms with van der Waals surface area (Å²) < 4.78 is 48.1. The number of amides is 2. The van der Waals surface area contributed by atoms with Crippen LogP contribution in [-0.4, -0.2) is 24.0 Å². The van der Waals surface area contributed by atoms with E-state index in [2.05, 4.69) is 10.4 Å². The summed E-state index contributed by atoms with van der Waals surface area (Å²) in [6.07, 6.45) is -2.03. The number of nitrogens with one attached hydrogen (secondary N) is 2. The fourth-order valence-corrected chi connectivity index (χ4v) is 2.35. The molecule has 164 valence electrons. The van der Waals surface area contributed by atoms with Gasteiger partial charge in [-0.3, -0.25) is 9.59 Å². The minimum absolute atomic E-state index is 0.0433. The van der Waals surface area contributed by atoms with Crippen molar-refractivity contribution in [3.63, 3.8) is 0 Å². The van der Waals surface area contributed by atoms with Crippen LogP contribution in [0.3, 0.4) is 0 Å². The average Bonchev–Trinajstić information content (AvgIpc) is 3.29. The lowest BCUT2D eigenvalue weighted by atomic mass is 10.2. The molecular weight excluding hydrogens is 431 g/mol. The minimum atomic E-state index is -4.58.